The second-order valence-corrected chi connectivity index (χ2v) is 9.34. The third-order valence-corrected chi connectivity index (χ3v) is 5.96. The first-order valence-electron chi connectivity index (χ1n) is 13.7. The van der Waals surface area contributed by atoms with Crippen LogP contribution >= 0.6 is 0 Å². The van der Waals surface area contributed by atoms with E-state index in [1.165, 1.54) is 0 Å². The van der Waals surface area contributed by atoms with Crippen molar-refractivity contribution in [1.82, 2.24) is 16.0 Å². The van der Waals surface area contributed by atoms with Gasteiger partial charge in [0, 0.05) is 6.54 Å². The van der Waals surface area contributed by atoms with Crippen LogP contribution in [0.1, 0.15) is 29.5 Å². The van der Waals surface area contributed by atoms with Gasteiger partial charge in [0.1, 0.15) is 19.8 Å². The van der Waals surface area contributed by atoms with Crippen molar-refractivity contribution >= 4 is 30.2 Å². The van der Waals surface area contributed by atoms with Gasteiger partial charge in [-0.05, 0) is 29.5 Å². The number of aliphatic hydroxyl groups excluding tert-OH is 1. The zero-order valence-electron chi connectivity index (χ0n) is 23.8. The summed E-state index contributed by atoms with van der Waals surface area (Å²) in [5.41, 5.74) is 2.22. The summed E-state index contributed by atoms with van der Waals surface area (Å²) < 4.78 is 15.5. The highest BCUT2D eigenvalue weighted by Gasteiger charge is 2.27. The van der Waals surface area contributed by atoms with Crippen LogP contribution in [0, 0.1) is 0 Å². The first-order valence-corrected chi connectivity index (χ1v) is 13.7. The smallest absolute Gasteiger partial charge is 0.414 e. The molecule has 0 radical (unpaired) electrons. The molecule has 0 heterocycles. The Kier molecular flexibility index (Phi) is 13.7. The summed E-state index contributed by atoms with van der Waals surface area (Å²) in [5, 5.41) is 26.5. The number of benzene rings is 3. The lowest BCUT2D eigenvalue weighted by atomic mass is 10.1. The average Bonchev–Trinajstić information content (AvgIpc) is 3.04. The van der Waals surface area contributed by atoms with Gasteiger partial charge in [-0.2, -0.15) is 0 Å². The van der Waals surface area contributed by atoms with E-state index >= 15 is 0 Å². The molecule has 3 amide bonds. The lowest BCUT2D eigenvalue weighted by Crippen LogP contribution is -2.47. The van der Waals surface area contributed by atoms with Gasteiger partial charge in [-0.3, -0.25) is 15.6 Å². The number of nitrogens with zero attached hydrogens (tertiary/aromatic N) is 1. The molecule has 3 rings (SSSR count). The van der Waals surface area contributed by atoms with Crippen LogP contribution in [0.4, 0.5) is 14.4 Å². The molecule has 0 fully saturated rings. The van der Waals surface area contributed by atoms with E-state index in [-0.39, 0.29) is 45.2 Å². The Morgan fingerprint density at radius 2 is 1.07 bits per heavy atom. The fraction of sp³-hybridized carbons (Fsp3) is 0.258. The summed E-state index contributed by atoms with van der Waals surface area (Å²) in [5.74, 6) is -1.81. The molecule has 0 aliphatic heterocycles. The van der Waals surface area contributed by atoms with Crippen LogP contribution in [0.2, 0.25) is 0 Å². The van der Waals surface area contributed by atoms with E-state index in [0.29, 0.717) is 0 Å². The van der Waals surface area contributed by atoms with Gasteiger partial charge in [0.2, 0.25) is 5.96 Å². The standard InChI is InChI=1S/C31H34N4O9/c36-26(27(37)38)25(33-29(39)42-19-22-11-4-1-5-12-22)17-10-18-32-28(34-30(40)43-20-23-13-6-2-7-14-23)35-31(41)44-21-24-15-8-3-9-16-24/h1-9,11-16,25-26,36H,10,17-21H2,(H,33,39)(H,37,38)(H2,32,34,35,40,41)/t25-,26?/m0/s1. The minimum absolute atomic E-state index is 0.0262. The monoisotopic (exact) mass is 606 g/mol. The van der Waals surface area contributed by atoms with Crippen molar-refractivity contribution in [3.05, 3.63) is 108 Å². The molecule has 0 aliphatic rings. The Labute approximate surface area is 253 Å². The molecule has 3 aromatic rings. The van der Waals surface area contributed by atoms with Crippen molar-refractivity contribution in [2.24, 2.45) is 4.99 Å². The maximum atomic E-state index is 12.4. The number of amides is 3. The summed E-state index contributed by atoms with van der Waals surface area (Å²) in [4.78, 5) is 52.7. The Morgan fingerprint density at radius 3 is 1.48 bits per heavy atom. The fourth-order valence-electron chi connectivity index (χ4n) is 3.72. The Morgan fingerprint density at radius 1 is 0.659 bits per heavy atom. The van der Waals surface area contributed by atoms with Crippen LogP contribution < -0.4 is 16.0 Å². The average molecular weight is 607 g/mol. The molecule has 5 N–H and O–H groups in total. The molecular weight excluding hydrogens is 572 g/mol. The number of carbonyl (C=O) groups excluding carboxylic acids is 3. The zero-order chi connectivity index (χ0) is 31.6. The van der Waals surface area contributed by atoms with E-state index < -0.39 is 36.4 Å². The number of carboxylic acid groups (broad SMARTS) is 1. The minimum atomic E-state index is -1.92. The molecule has 2 atom stereocenters. The van der Waals surface area contributed by atoms with Gasteiger partial charge < -0.3 is 29.7 Å². The molecule has 0 bridgehead atoms. The summed E-state index contributed by atoms with van der Waals surface area (Å²) in [6, 6.07) is 25.6. The van der Waals surface area contributed by atoms with Gasteiger partial charge in [0.05, 0.1) is 6.04 Å². The van der Waals surface area contributed by atoms with E-state index in [1.807, 2.05) is 18.2 Å². The molecule has 13 heteroatoms. The van der Waals surface area contributed by atoms with E-state index in [9.17, 15) is 29.4 Å². The molecule has 232 valence electrons. The van der Waals surface area contributed by atoms with E-state index in [2.05, 4.69) is 20.9 Å². The SMILES string of the molecule is O=C(NC(=NCCC[C@H](NC(=O)OCc1ccccc1)C(O)C(=O)O)NC(=O)OCc1ccccc1)OCc1ccccc1. The summed E-state index contributed by atoms with van der Waals surface area (Å²) >= 11 is 0. The number of aliphatic imine (C=N–C) groups is 1. The molecule has 0 aromatic heterocycles. The van der Waals surface area contributed by atoms with Gasteiger partial charge >= 0.3 is 24.2 Å². The van der Waals surface area contributed by atoms with Crippen LogP contribution in [0.3, 0.4) is 0 Å². The summed E-state index contributed by atoms with van der Waals surface area (Å²) in [6.45, 7) is -0.149. The van der Waals surface area contributed by atoms with Gasteiger partial charge in [-0.25, -0.2) is 19.2 Å². The summed E-state index contributed by atoms with van der Waals surface area (Å²) in [7, 11) is 0. The molecule has 13 nitrogen and oxygen atoms in total. The van der Waals surface area contributed by atoms with Crippen LogP contribution in [0.25, 0.3) is 0 Å². The van der Waals surface area contributed by atoms with Gasteiger partial charge in [0.15, 0.2) is 6.10 Å². The molecule has 0 aliphatic carbocycles. The lowest BCUT2D eigenvalue weighted by Gasteiger charge is -2.21. The van der Waals surface area contributed by atoms with Crippen LogP contribution in [-0.4, -0.2) is 59.1 Å². The first kappa shape index (κ1) is 33.1. The Bertz CT molecular complexity index is 1310. The maximum Gasteiger partial charge on any atom is 0.414 e. The molecule has 0 spiro atoms. The number of guanidine groups is 1. The van der Waals surface area contributed by atoms with Crippen molar-refractivity contribution in [2.45, 2.75) is 44.8 Å². The topological polar surface area (TPSA) is 185 Å². The normalized spacial score (nSPS) is 11.7. The second kappa shape index (κ2) is 18.2. The largest absolute Gasteiger partial charge is 0.479 e. The van der Waals surface area contributed by atoms with Crippen molar-refractivity contribution in [2.75, 3.05) is 6.54 Å². The fourth-order valence-corrected chi connectivity index (χ4v) is 3.72. The molecule has 0 saturated heterocycles. The number of nitrogens with one attached hydrogen (secondary N) is 3. The number of carboxylic acids is 1. The van der Waals surface area contributed by atoms with Crippen LogP contribution in [0.15, 0.2) is 96.0 Å². The number of aliphatic hydroxyl groups is 1. The van der Waals surface area contributed by atoms with E-state index in [1.54, 1.807) is 72.8 Å². The van der Waals surface area contributed by atoms with E-state index in [0.717, 1.165) is 16.7 Å². The number of hydrogen-bond donors (Lipinski definition) is 5. The third-order valence-electron chi connectivity index (χ3n) is 5.96. The van der Waals surface area contributed by atoms with Crippen molar-refractivity contribution in [3.8, 4) is 0 Å². The molecule has 3 aromatic carbocycles. The molecule has 1 unspecified atom stereocenters. The summed E-state index contributed by atoms with van der Waals surface area (Å²) in [6.07, 6.45) is -4.49. The van der Waals surface area contributed by atoms with Crippen molar-refractivity contribution in [3.63, 3.8) is 0 Å². The molecule has 44 heavy (non-hydrogen) atoms. The second-order valence-electron chi connectivity index (χ2n) is 9.34. The predicted molar refractivity (Wildman–Crippen MR) is 158 cm³/mol. The number of aliphatic carboxylic acids is 1. The number of carbonyl (C=O) groups is 4. The Balaban J connectivity index is 1.57. The van der Waals surface area contributed by atoms with Gasteiger partial charge in [0.25, 0.3) is 0 Å². The van der Waals surface area contributed by atoms with Crippen LogP contribution in [0.5, 0.6) is 0 Å². The quantitative estimate of drug-likeness (QED) is 0.0837. The van der Waals surface area contributed by atoms with E-state index in [4.69, 9.17) is 14.2 Å². The maximum absolute atomic E-state index is 12.4. The van der Waals surface area contributed by atoms with Gasteiger partial charge in [-0.1, -0.05) is 91.0 Å². The van der Waals surface area contributed by atoms with Crippen LogP contribution in [-0.2, 0) is 38.8 Å². The highest BCUT2D eigenvalue weighted by atomic mass is 16.6. The zero-order valence-corrected chi connectivity index (χ0v) is 23.8. The predicted octanol–water partition coefficient (Wildman–Crippen LogP) is 3.72. The number of alkyl carbamates (subject to hydrolysis) is 3. The molecule has 0 saturated carbocycles. The molecular formula is C31H34N4O9. The first-order chi connectivity index (χ1) is 21.3. The van der Waals surface area contributed by atoms with Crippen molar-refractivity contribution in [1.29, 1.82) is 0 Å². The minimum Gasteiger partial charge on any atom is -0.479 e. The number of ether oxygens (including phenoxy) is 3. The lowest BCUT2D eigenvalue weighted by molar-refractivity contribution is -0.148. The highest BCUT2D eigenvalue weighted by molar-refractivity contribution is 6.01. The number of rotatable bonds is 13. The Hall–Kier alpha value is -5.43. The van der Waals surface area contributed by atoms with Crippen molar-refractivity contribution < 1.29 is 43.6 Å². The number of hydrogen-bond acceptors (Lipinski definition) is 9. The third kappa shape index (κ3) is 12.6. The van der Waals surface area contributed by atoms with Gasteiger partial charge in [-0.15, -0.1) is 0 Å². The highest BCUT2D eigenvalue weighted by Crippen LogP contribution is 2.07.